The van der Waals surface area contributed by atoms with E-state index in [9.17, 15) is 9.59 Å². The molecule has 0 unspecified atom stereocenters. The van der Waals surface area contributed by atoms with Crippen LogP contribution in [0.15, 0.2) is 0 Å². The van der Waals surface area contributed by atoms with Crippen molar-refractivity contribution in [3.8, 4) is 0 Å². The lowest BCUT2D eigenvalue weighted by Gasteiger charge is -2.17. The molecule has 12 heavy (non-hydrogen) atoms. The fourth-order valence-corrected chi connectivity index (χ4v) is 0.800. The number of amides is 1. The van der Waals surface area contributed by atoms with E-state index in [0.717, 1.165) is 0 Å². The number of carbonyl (C=O) groups excluding carboxylic acids is 1. The fourth-order valence-electron chi connectivity index (χ4n) is 0.800. The van der Waals surface area contributed by atoms with E-state index in [1.165, 1.54) is 4.90 Å². The molecule has 0 saturated heterocycles. The van der Waals surface area contributed by atoms with Crippen LogP contribution in [0.3, 0.4) is 0 Å². The standard InChI is InChI=1S/C7H13NO4/c1-2-8(4-3-5-9)6(10)7(11)12/h9H,2-5H2,1H3,(H,11,12). The summed E-state index contributed by atoms with van der Waals surface area (Å²) in [6, 6.07) is 0. The molecule has 0 aromatic rings. The number of likely N-dealkylation sites (N-methyl/N-ethyl adjacent to an activating group) is 1. The fraction of sp³-hybridized carbons (Fsp3) is 0.714. The number of hydrogen-bond acceptors (Lipinski definition) is 3. The lowest BCUT2D eigenvalue weighted by atomic mass is 10.4. The summed E-state index contributed by atoms with van der Waals surface area (Å²) in [5.41, 5.74) is 0. The zero-order valence-corrected chi connectivity index (χ0v) is 6.99. The summed E-state index contributed by atoms with van der Waals surface area (Å²) in [6.07, 6.45) is 0.410. The molecule has 1 amide bonds. The zero-order valence-electron chi connectivity index (χ0n) is 6.99. The maximum Gasteiger partial charge on any atom is 0.394 e. The average Bonchev–Trinajstić information content (AvgIpc) is 2.05. The van der Waals surface area contributed by atoms with Gasteiger partial charge in [0, 0.05) is 19.7 Å². The van der Waals surface area contributed by atoms with E-state index < -0.39 is 11.9 Å². The lowest BCUT2D eigenvalue weighted by Crippen LogP contribution is -2.37. The Balaban J connectivity index is 3.96. The molecule has 0 aliphatic rings. The van der Waals surface area contributed by atoms with Crippen molar-refractivity contribution in [3.05, 3.63) is 0 Å². The first kappa shape index (κ1) is 10.9. The van der Waals surface area contributed by atoms with E-state index in [0.29, 0.717) is 13.0 Å². The summed E-state index contributed by atoms with van der Waals surface area (Å²) in [5, 5.41) is 16.8. The number of aliphatic hydroxyl groups is 1. The maximum atomic E-state index is 10.8. The Bertz CT molecular complexity index is 169. The molecule has 0 aromatic carbocycles. The van der Waals surface area contributed by atoms with Gasteiger partial charge in [0.25, 0.3) is 0 Å². The molecule has 70 valence electrons. The van der Waals surface area contributed by atoms with Gasteiger partial charge >= 0.3 is 11.9 Å². The summed E-state index contributed by atoms with van der Waals surface area (Å²) >= 11 is 0. The smallest absolute Gasteiger partial charge is 0.394 e. The SMILES string of the molecule is CCN(CCCO)C(=O)C(=O)O. The lowest BCUT2D eigenvalue weighted by molar-refractivity contribution is -0.155. The van der Waals surface area contributed by atoms with Crippen molar-refractivity contribution in [1.29, 1.82) is 0 Å². The van der Waals surface area contributed by atoms with Crippen LogP contribution in [0.2, 0.25) is 0 Å². The first-order valence-electron chi connectivity index (χ1n) is 3.76. The number of rotatable bonds is 4. The van der Waals surface area contributed by atoms with E-state index in [2.05, 4.69) is 0 Å². The number of carboxylic acids is 1. The zero-order chi connectivity index (χ0) is 9.56. The van der Waals surface area contributed by atoms with E-state index in [1.807, 2.05) is 0 Å². The Labute approximate surface area is 70.6 Å². The third-order valence-corrected chi connectivity index (χ3v) is 1.44. The predicted octanol–water partition coefficient (Wildman–Crippen LogP) is -0.698. The predicted molar refractivity (Wildman–Crippen MR) is 41.6 cm³/mol. The molecule has 0 radical (unpaired) electrons. The van der Waals surface area contributed by atoms with Gasteiger partial charge in [-0.25, -0.2) is 4.79 Å². The Morgan fingerprint density at radius 3 is 2.33 bits per heavy atom. The maximum absolute atomic E-state index is 10.8. The molecule has 0 spiro atoms. The number of nitrogens with zero attached hydrogens (tertiary/aromatic N) is 1. The van der Waals surface area contributed by atoms with Gasteiger partial charge in [-0.05, 0) is 13.3 Å². The van der Waals surface area contributed by atoms with Crippen LogP contribution in [0.25, 0.3) is 0 Å². The molecule has 0 aliphatic heterocycles. The summed E-state index contributed by atoms with van der Waals surface area (Å²) in [4.78, 5) is 22.2. The highest BCUT2D eigenvalue weighted by atomic mass is 16.4. The summed E-state index contributed by atoms with van der Waals surface area (Å²) < 4.78 is 0. The first-order chi connectivity index (χ1) is 5.63. The van der Waals surface area contributed by atoms with Crippen molar-refractivity contribution in [2.45, 2.75) is 13.3 Å². The number of hydrogen-bond donors (Lipinski definition) is 2. The van der Waals surface area contributed by atoms with Gasteiger partial charge < -0.3 is 15.1 Å². The van der Waals surface area contributed by atoms with E-state index in [1.54, 1.807) is 6.92 Å². The van der Waals surface area contributed by atoms with Crippen LogP contribution in [0.5, 0.6) is 0 Å². The quantitative estimate of drug-likeness (QED) is 0.554. The van der Waals surface area contributed by atoms with Crippen molar-refractivity contribution >= 4 is 11.9 Å². The van der Waals surface area contributed by atoms with Gasteiger partial charge in [0.1, 0.15) is 0 Å². The van der Waals surface area contributed by atoms with Crippen LogP contribution >= 0.6 is 0 Å². The summed E-state index contributed by atoms with van der Waals surface area (Å²) in [6.45, 7) is 2.30. The van der Waals surface area contributed by atoms with Crippen LogP contribution in [0.4, 0.5) is 0 Å². The normalized spacial score (nSPS) is 9.50. The van der Waals surface area contributed by atoms with Crippen LogP contribution in [0, 0.1) is 0 Å². The molecular formula is C7H13NO4. The van der Waals surface area contributed by atoms with Gasteiger partial charge in [0.15, 0.2) is 0 Å². The van der Waals surface area contributed by atoms with Crippen molar-refractivity contribution in [2.75, 3.05) is 19.7 Å². The molecule has 0 rings (SSSR count). The number of aliphatic carboxylic acids is 1. The second kappa shape index (κ2) is 5.54. The van der Waals surface area contributed by atoms with Crippen molar-refractivity contribution in [3.63, 3.8) is 0 Å². The average molecular weight is 175 g/mol. The number of carbonyl (C=O) groups is 2. The van der Waals surface area contributed by atoms with E-state index in [4.69, 9.17) is 10.2 Å². The molecule has 0 fully saturated rings. The number of aliphatic hydroxyl groups excluding tert-OH is 1. The monoisotopic (exact) mass is 175 g/mol. The van der Waals surface area contributed by atoms with Gasteiger partial charge in [-0.15, -0.1) is 0 Å². The molecule has 0 heterocycles. The largest absolute Gasteiger partial charge is 0.474 e. The molecule has 5 heteroatoms. The molecule has 2 N–H and O–H groups in total. The van der Waals surface area contributed by atoms with Crippen molar-refractivity contribution in [2.24, 2.45) is 0 Å². The molecule has 0 saturated carbocycles. The first-order valence-corrected chi connectivity index (χ1v) is 3.76. The Kier molecular flexibility index (Phi) is 5.03. The Hall–Kier alpha value is -1.10. The molecule has 0 atom stereocenters. The van der Waals surface area contributed by atoms with Crippen LogP contribution in [0.1, 0.15) is 13.3 Å². The highest BCUT2D eigenvalue weighted by molar-refractivity contribution is 6.31. The molecule has 5 nitrogen and oxygen atoms in total. The van der Waals surface area contributed by atoms with Gasteiger partial charge in [0.05, 0.1) is 0 Å². The topological polar surface area (TPSA) is 77.8 Å². The third-order valence-electron chi connectivity index (χ3n) is 1.44. The third kappa shape index (κ3) is 3.34. The van der Waals surface area contributed by atoms with Gasteiger partial charge in [0.2, 0.25) is 0 Å². The molecular weight excluding hydrogens is 162 g/mol. The Morgan fingerprint density at radius 2 is 2.00 bits per heavy atom. The van der Waals surface area contributed by atoms with Crippen molar-refractivity contribution < 1.29 is 19.8 Å². The minimum atomic E-state index is -1.45. The highest BCUT2D eigenvalue weighted by Crippen LogP contribution is 1.92. The minimum absolute atomic E-state index is 0.0383. The second-order valence-electron chi connectivity index (χ2n) is 2.27. The molecule has 0 bridgehead atoms. The van der Waals surface area contributed by atoms with E-state index in [-0.39, 0.29) is 13.2 Å². The van der Waals surface area contributed by atoms with Crippen LogP contribution in [-0.4, -0.2) is 46.7 Å². The number of carboxylic acid groups (broad SMARTS) is 1. The summed E-state index contributed by atoms with van der Waals surface area (Å²) in [7, 11) is 0. The minimum Gasteiger partial charge on any atom is -0.474 e. The summed E-state index contributed by atoms with van der Waals surface area (Å²) in [5.74, 6) is -2.36. The van der Waals surface area contributed by atoms with Crippen molar-refractivity contribution in [1.82, 2.24) is 4.90 Å². The molecule has 0 aromatic heterocycles. The molecule has 0 aliphatic carbocycles. The van der Waals surface area contributed by atoms with E-state index >= 15 is 0 Å². The van der Waals surface area contributed by atoms with Gasteiger partial charge in [-0.3, -0.25) is 4.79 Å². The Morgan fingerprint density at radius 1 is 1.42 bits per heavy atom. The van der Waals surface area contributed by atoms with Crippen LogP contribution in [-0.2, 0) is 9.59 Å². The second-order valence-corrected chi connectivity index (χ2v) is 2.27. The van der Waals surface area contributed by atoms with Crippen LogP contribution < -0.4 is 0 Å². The highest BCUT2D eigenvalue weighted by Gasteiger charge is 2.18. The van der Waals surface area contributed by atoms with Gasteiger partial charge in [-0.1, -0.05) is 0 Å². The van der Waals surface area contributed by atoms with Gasteiger partial charge in [-0.2, -0.15) is 0 Å².